The molecule has 28 heteroatoms. The summed E-state index contributed by atoms with van der Waals surface area (Å²) in [6, 6.07) is 25.5. The molecular formula is C50H53Cl4N12O10S2-. The lowest BCUT2D eigenvalue weighted by atomic mass is 10.1. The van der Waals surface area contributed by atoms with Gasteiger partial charge in [-0.2, -0.15) is 16.8 Å². The van der Waals surface area contributed by atoms with Crippen LogP contribution in [0.1, 0.15) is 106 Å². The summed E-state index contributed by atoms with van der Waals surface area (Å²) in [4.78, 5) is 70.1. The summed E-state index contributed by atoms with van der Waals surface area (Å²) in [5.41, 5.74) is 4.19. The molecule has 0 saturated heterocycles. The maximum atomic E-state index is 11.5. The number of nitrogens with zero attached hydrogens (tertiary/aromatic N) is 12. The zero-order valence-electron chi connectivity index (χ0n) is 40.9. The van der Waals surface area contributed by atoms with Gasteiger partial charge in [-0.05, 0) is 138 Å². The van der Waals surface area contributed by atoms with Crippen LogP contribution in [0.5, 0.6) is 0 Å². The maximum absolute atomic E-state index is 11.5. The van der Waals surface area contributed by atoms with E-state index in [2.05, 4.69) is 68.7 Å². The SMILES string of the molecule is C.C.COC(=O)c1ccc(Cc2nc(C)nc(Cl)n2)cc1.COS(=O)(=O)c1ccc(Cc2nc(C)nc(Cl)n2)cc1.Cc1nc(Cl)nc(Cc2ccc(C(=O)[O-])cc2)n1.Cc1nc(Cl)nc(Cc2ccc(S(=O)(=O)O)cc2)n1.[2HH]. The number of ether oxygens (including phenoxy) is 1. The standard InChI is InChI=1S/C13H12ClN3O2.C12H12ClN3O3S.C12H10ClN3O2.C11H10ClN3O3S.2CH4.H2/c1-8-15-11(17-13(14)16-8)7-9-3-5-10(6-4-9)12(18)19-2;1-8-14-11(16-12(13)15-8)7-9-3-5-10(6-4-9)20(17,18)19-2;1-7-14-10(16-12(13)15-7)6-8-2-4-9(5-3-8)11(17)18;1-7-13-10(15-11(12)14-7)6-8-2-4-9(5-3-8)19(16,17)18;;;/h3-6H,7H2,1-2H3;3-6H,7H2,1-2H3;2-5H,6H2,1H3,(H,17,18);2-5H,6H2,1H3,(H,16,17,18);2*1H4;1H/p-1/i;;;;;;1+1. The fourth-order valence-electron chi connectivity index (χ4n) is 6.34. The van der Waals surface area contributed by atoms with Crippen molar-refractivity contribution in [2.75, 3.05) is 14.2 Å². The molecule has 0 saturated carbocycles. The summed E-state index contributed by atoms with van der Waals surface area (Å²) < 4.78 is 62.7. The number of esters is 1. The summed E-state index contributed by atoms with van der Waals surface area (Å²) in [6.07, 6.45) is 1.84. The summed E-state index contributed by atoms with van der Waals surface area (Å²) in [5.74, 6) is 2.82. The molecule has 0 amide bonds. The highest BCUT2D eigenvalue weighted by atomic mass is 35.5. The predicted molar refractivity (Wildman–Crippen MR) is 291 cm³/mol. The van der Waals surface area contributed by atoms with Crippen LogP contribution in [0, 0.1) is 27.7 Å². The molecule has 4 heterocycles. The van der Waals surface area contributed by atoms with Crippen LogP contribution in [0.4, 0.5) is 0 Å². The van der Waals surface area contributed by atoms with Gasteiger partial charge < -0.3 is 14.6 Å². The molecule has 0 spiro atoms. The van der Waals surface area contributed by atoms with Gasteiger partial charge in [0.15, 0.2) is 0 Å². The molecule has 0 aliphatic carbocycles. The molecule has 8 aromatic rings. The molecule has 4 aromatic heterocycles. The first-order chi connectivity index (χ1) is 35.9. The van der Waals surface area contributed by atoms with Gasteiger partial charge >= 0.3 is 5.97 Å². The predicted octanol–water partition coefficient (Wildman–Crippen LogP) is 7.95. The van der Waals surface area contributed by atoms with Crippen LogP contribution < -0.4 is 5.11 Å². The van der Waals surface area contributed by atoms with Crippen molar-refractivity contribution in [1.29, 1.82) is 0 Å². The Kier molecular flexibility index (Phi) is 25.1. The van der Waals surface area contributed by atoms with E-state index >= 15 is 0 Å². The van der Waals surface area contributed by atoms with Gasteiger partial charge in [-0.15, -0.1) is 0 Å². The van der Waals surface area contributed by atoms with Crippen molar-refractivity contribution < 1.29 is 46.4 Å². The first-order valence-corrected chi connectivity index (χ1v) is 26.2. The fraction of sp³-hybridized carbons (Fsp3) is 0.240. The molecule has 78 heavy (non-hydrogen) atoms. The first kappa shape index (κ1) is 65.1. The fourth-order valence-corrected chi connectivity index (χ4v) is 8.36. The van der Waals surface area contributed by atoms with Crippen LogP contribution in [0.15, 0.2) is 107 Å². The third-order valence-corrected chi connectivity index (χ3v) is 12.6. The second-order valence-electron chi connectivity index (χ2n) is 15.5. The van der Waals surface area contributed by atoms with E-state index in [1.807, 2.05) is 12.1 Å². The number of carbonyl (C=O) groups is 2. The van der Waals surface area contributed by atoms with Gasteiger partial charge in [0.05, 0.1) is 35.5 Å². The Morgan fingerprint density at radius 1 is 0.462 bits per heavy atom. The Morgan fingerprint density at radius 2 is 0.731 bits per heavy atom. The number of halogens is 4. The molecule has 8 rings (SSSR count). The van der Waals surface area contributed by atoms with E-state index in [9.17, 15) is 31.5 Å². The molecule has 0 aliphatic heterocycles. The zero-order chi connectivity index (χ0) is 55.7. The smallest absolute Gasteiger partial charge is 0.337 e. The van der Waals surface area contributed by atoms with Crippen molar-refractivity contribution >= 4 is 78.6 Å². The van der Waals surface area contributed by atoms with Crippen LogP contribution in [-0.4, -0.2) is 107 Å². The molecule has 0 unspecified atom stereocenters. The molecule has 22 nitrogen and oxygen atoms in total. The molecule has 0 radical (unpaired) electrons. The van der Waals surface area contributed by atoms with Gasteiger partial charge in [-0.3, -0.25) is 8.74 Å². The Labute approximate surface area is 472 Å². The van der Waals surface area contributed by atoms with Crippen molar-refractivity contribution in [2.24, 2.45) is 0 Å². The van der Waals surface area contributed by atoms with Crippen LogP contribution >= 0.6 is 46.4 Å². The van der Waals surface area contributed by atoms with Crippen LogP contribution in [0.25, 0.3) is 0 Å². The van der Waals surface area contributed by atoms with E-state index in [1.165, 1.54) is 43.5 Å². The van der Waals surface area contributed by atoms with Crippen molar-refractivity contribution in [3.8, 4) is 0 Å². The second kappa shape index (κ2) is 30.1. The molecule has 4 aromatic carbocycles. The Balaban J connectivity index is 0.000000356. The summed E-state index contributed by atoms with van der Waals surface area (Å²) in [7, 11) is -5.35. The van der Waals surface area contributed by atoms with Crippen molar-refractivity contribution in [3.05, 3.63) is 198 Å². The minimum atomic E-state index is -4.17. The lowest BCUT2D eigenvalue weighted by Crippen LogP contribution is -2.22. The van der Waals surface area contributed by atoms with Gasteiger partial charge in [-0.25, -0.2) is 64.6 Å². The van der Waals surface area contributed by atoms with Crippen LogP contribution in [-0.2, 0) is 54.8 Å². The third kappa shape index (κ3) is 21.3. The summed E-state index contributed by atoms with van der Waals surface area (Å²) in [6.45, 7) is 6.93. The van der Waals surface area contributed by atoms with Crippen LogP contribution in [0.2, 0.25) is 21.1 Å². The average molecular weight is 1190 g/mol. The van der Waals surface area contributed by atoms with E-state index in [-0.39, 0.29) is 58.7 Å². The monoisotopic (exact) mass is 1190 g/mol. The van der Waals surface area contributed by atoms with Gasteiger partial charge in [0.2, 0.25) is 21.1 Å². The number of carbonyl (C=O) groups excluding carboxylic acids is 2. The van der Waals surface area contributed by atoms with Crippen molar-refractivity contribution in [2.45, 2.75) is 78.0 Å². The number of aryl methyl sites for hydroxylation is 4. The van der Waals surface area contributed by atoms with Gasteiger partial charge in [0.1, 0.15) is 46.6 Å². The molecule has 1 N–H and O–H groups in total. The number of benzene rings is 4. The van der Waals surface area contributed by atoms with E-state index in [0.717, 1.165) is 29.4 Å². The number of rotatable bonds is 13. The van der Waals surface area contributed by atoms with Gasteiger partial charge in [0, 0.05) is 27.1 Å². The van der Waals surface area contributed by atoms with Gasteiger partial charge in [0.25, 0.3) is 20.2 Å². The minimum absolute atomic E-state index is 0. The number of aromatic carboxylic acids is 1. The largest absolute Gasteiger partial charge is 0.545 e. The number of carboxylic acids is 1. The molecule has 0 aliphatic rings. The molecule has 414 valence electrons. The topological polar surface area (TPSA) is 319 Å². The second-order valence-corrected chi connectivity index (χ2v) is 20.0. The van der Waals surface area contributed by atoms with E-state index in [4.69, 9.17) is 51.0 Å². The number of aromatic nitrogens is 12. The highest BCUT2D eigenvalue weighted by Crippen LogP contribution is 2.17. The minimum Gasteiger partial charge on any atom is -0.545 e. The van der Waals surface area contributed by atoms with Crippen LogP contribution in [0.3, 0.4) is 0 Å². The molecule has 0 atom stereocenters. The maximum Gasteiger partial charge on any atom is 0.337 e. The molecule has 0 bridgehead atoms. The number of hydrogen-bond acceptors (Lipinski definition) is 21. The lowest BCUT2D eigenvalue weighted by molar-refractivity contribution is -0.255. The van der Waals surface area contributed by atoms with Crippen molar-refractivity contribution in [1.82, 2.24) is 59.8 Å². The van der Waals surface area contributed by atoms with E-state index in [1.54, 1.807) is 76.2 Å². The van der Waals surface area contributed by atoms with E-state index in [0.29, 0.717) is 77.8 Å². The highest BCUT2D eigenvalue weighted by molar-refractivity contribution is 7.86. The Bertz CT molecular complexity index is 3470. The zero-order valence-corrected chi connectivity index (χ0v) is 45.5. The number of hydrogen-bond donors (Lipinski definition) is 1. The van der Waals surface area contributed by atoms with E-state index < -0.39 is 26.2 Å². The Morgan fingerprint density at radius 3 is 0.974 bits per heavy atom. The average Bonchev–Trinajstić information content (AvgIpc) is 3.33. The third-order valence-electron chi connectivity index (χ3n) is 9.73. The van der Waals surface area contributed by atoms with Gasteiger partial charge in [-0.1, -0.05) is 75.5 Å². The molecule has 0 fully saturated rings. The first-order valence-electron chi connectivity index (χ1n) is 21.8. The summed E-state index contributed by atoms with van der Waals surface area (Å²) in [5, 5.41) is 11.2. The van der Waals surface area contributed by atoms with Crippen molar-refractivity contribution in [3.63, 3.8) is 0 Å². The Hall–Kier alpha value is -7.16. The number of carboxylic acid groups (broad SMARTS) is 1. The lowest BCUT2D eigenvalue weighted by Gasteiger charge is -2.05. The normalized spacial score (nSPS) is 10.7. The number of methoxy groups -OCH3 is 1. The quantitative estimate of drug-likeness (QED) is 0.0650. The summed E-state index contributed by atoms with van der Waals surface area (Å²) >= 11 is 23.0. The highest BCUT2D eigenvalue weighted by Gasteiger charge is 2.14. The molecular weight excluding hydrogens is 1130 g/mol.